The SMILES string of the molecule is CC[C@@]1(O)C(=O)OCc2c1cc1n(c2=O)Cc2c-1nc1cc3c(cc1c2CCN(CCOC)C(=O)OCC1c2ccccc2-c2ccccc21)OCO3. The number of aromatic nitrogens is 2. The van der Waals surface area contributed by atoms with Crippen LogP contribution in [-0.2, 0) is 44.2 Å². The van der Waals surface area contributed by atoms with Gasteiger partial charge in [-0.25, -0.2) is 14.6 Å². The molecule has 3 aliphatic heterocycles. The molecule has 0 unspecified atom stereocenters. The van der Waals surface area contributed by atoms with Crippen molar-refractivity contribution in [1.82, 2.24) is 14.5 Å². The Hall–Kier alpha value is -5.72. The Morgan fingerprint density at radius 2 is 1.70 bits per heavy atom. The molecule has 4 aliphatic rings. The lowest BCUT2D eigenvalue weighted by Gasteiger charge is -2.31. The lowest BCUT2D eigenvalue weighted by molar-refractivity contribution is -0.172. The second-order valence-electron chi connectivity index (χ2n) is 13.8. The average molecular weight is 716 g/mol. The van der Waals surface area contributed by atoms with Gasteiger partial charge in [-0.05, 0) is 52.8 Å². The summed E-state index contributed by atoms with van der Waals surface area (Å²) in [5.74, 6) is 0.278. The molecule has 5 heterocycles. The molecule has 2 aromatic heterocycles. The van der Waals surface area contributed by atoms with Gasteiger partial charge < -0.3 is 38.3 Å². The molecule has 0 radical (unpaired) electrons. The fourth-order valence-electron chi connectivity index (χ4n) is 8.27. The highest BCUT2D eigenvalue weighted by Gasteiger charge is 2.45. The van der Waals surface area contributed by atoms with Gasteiger partial charge in [0.1, 0.15) is 13.2 Å². The van der Waals surface area contributed by atoms with E-state index in [4.69, 9.17) is 28.7 Å². The molecule has 9 rings (SSSR count). The molecule has 270 valence electrons. The number of methoxy groups -OCH3 is 1. The summed E-state index contributed by atoms with van der Waals surface area (Å²) in [5, 5.41) is 12.2. The van der Waals surface area contributed by atoms with Crippen LogP contribution in [-0.4, -0.2) is 71.8 Å². The number of esters is 1. The fraction of sp³-hybridized carbons (Fsp3) is 0.317. The van der Waals surface area contributed by atoms with E-state index in [2.05, 4.69) is 24.3 Å². The number of carbonyl (C=O) groups excluding carboxylic acids is 2. The van der Waals surface area contributed by atoms with Crippen LogP contribution in [0.15, 0.2) is 71.5 Å². The highest BCUT2D eigenvalue weighted by molar-refractivity contribution is 5.91. The third-order valence-electron chi connectivity index (χ3n) is 11.1. The monoisotopic (exact) mass is 715 g/mol. The highest BCUT2D eigenvalue weighted by Crippen LogP contribution is 2.45. The van der Waals surface area contributed by atoms with Crippen LogP contribution in [0.4, 0.5) is 4.79 Å². The Morgan fingerprint density at radius 3 is 2.42 bits per heavy atom. The second kappa shape index (κ2) is 12.7. The van der Waals surface area contributed by atoms with Gasteiger partial charge in [0.25, 0.3) is 5.56 Å². The largest absolute Gasteiger partial charge is 0.458 e. The van der Waals surface area contributed by atoms with Gasteiger partial charge in [0, 0.05) is 48.7 Å². The molecule has 53 heavy (non-hydrogen) atoms. The van der Waals surface area contributed by atoms with E-state index in [1.807, 2.05) is 36.4 Å². The summed E-state index contributed by atoms with van der Waals surface area (Å²) in [5.41, 5.74) is 6.15. The molecule has 1 amide bonds. The Balaban J connectivity index is 1.06. The fourth-order valence-corrected chi connectivity index (χ4v) is 8.27. The van der Waals surface area contributed by atoms with Gasteiger partial charge >= 0.3 is 12.1 Å². The number of rotatable bonds is 9. The van der Waals surface area contributed by atoms with Crippen molar-refractivity contribution in [3.63, 3.8) is 0 Å². The number of hydrogen-bond acceptors (Lipinski definition) is 10. The van der Waals surface area contributed by atoms with Crippen LogP contribution in [0.25, 0.3) is 33.4 Å². The van der Waals surface area contributed by atoms with Crippen LogP contribution in [0.3, 0.4) is 0 Å². The number of nitrogens with zero attached hydrogens (tertiary/aromatic N) is 3. The summed E-state index contributed by atoms with van der Waals surface area (Å²) in [7, 11) is 1.59. The van der Waals surface area contributed by atoms with Crippen LogP contribution in [0, 0.1) is 0 Å². The van der Waals surface area contributed by atoms with Gasteiger partial charge in [0.15, 0.2) is 17.1 Å². The lowest BCUT2D eigenvalue weighted by atomic mass is 9.86. The average Bonchev–Trinajstić information content (AvgIpc) is 3.88. The van der Waals surface area contributed by atoms with Crippen molar-refractivity contribution in [3.8, 4) is 34.0 Å². The Bertz CT molecular complexity index is 2360. The smallest absolute Gasteiger partial charge is 0.409 e. The summed E-state index contributed by atoms with van der Waals surface area (Å²) in [6, 6.07) is 21.8. The second-order valence-corrected chi connectivity index (χ2v) is 13.8. The van der Waals surface area contributed by atoms with Crippen molar-refractivity contribution in [2.75, 3.05) is 40.2 Å². The molecule has 1 aliphatic carbocycles. The van der Waals surface area contributed by atoms with Crippen molar-refractivity contribution in [2.45, 2.75) is 44.4 Å². The van der Waals surface area contributed by atoms with E-state index in [-0.39, 0.29) is 55.6 Å². The minimum Gasteiger partial charge on any atom is -0.458 e. The summed E-state index contributed by atoms with van der Waals surface area (Å²) in [4.78, 5) is 47.3. The zero-order chi connectivity index (χ0) is 36.4. The van der Waals surface area contributed by atoms with Gasteiger partial charge in [0.05, 0.1) is 35.6 Å². The first-order valence-electron chi connectivity index (χ1n) is 17.8. The van der Waals surface area contributed by atoms with Gasteiger partial charge in [-0.2, -0.15) is 0 Å². The number of pyridine rings is 2. The number of cyclic esters (lactones) is 1. The molecule has 12 nitrogen and oxygen atoms in total. The molecule has 12 heteroatoms. The van der Waals surface area contributed by atoms with Gasteiger partial charge in [-0.15, -0.1) is 0 Å². The zero-order valence-corrected chi connectivity index (χ0v) is 29.3. The Kier molecular flexibility index (Phi) is 7.97. The topological polar surface area (TPSA) is 139 Å². The number of amides is 1. The first kappa shape index (κ1) is 33.1. The summed E-state index contributed by atoms with van der Waals surface area (Å²) >= 11 is 0. The number of benzene rings is 3. The van der Waals surface area contributed by atoms with Crippen molar-refractivity contribution in [1.29, 1.82) is 0 Å². The molecule has 0 fully saturated rings. The van der Waals surface area contributed by atoms with E-state index in [1.54, 1.807) is 29.6 Å². The first-order valence-corrected chi connectivity index (χ1v) is 17.8. The standard InChI is InChI=1S/C41H37N3O9/c1-3-41(48)32-17-34-37-29(19-44(34)38(45)31(32)21-50-39(41)46)27(28-16-35-36(53-22-52-35)18-33(28)42-37)12-13-43(14-15-49-2)40(47)51-20-30-25-10-6-4-8-23(25)24-9-5-7-11-26(24)30/h4-11,16-18,30,48H,3,12-15,19-22H2,1-2H3/t41-/m0/s1. The summed E-state index contributed by atoms with van der Waals surface area (Å²) in [6.45, 7) is 2.85. The molecule has 0 saturated carbocycles. The van der Waals surface area contributed by atoms with Crippen LogP contribution < -0.4 is 15.0 Å². The number of carbonyl (C=O) groups is 2. The highest BCUT2D eigenvalue weighted by atomic mass is 16.7. The lowest BCUT2D eigenvalue weighted by Crippen LogP contribution is -2.44. The summed E-state index contributed by atoms with van der Waals surface area (Å²) < 4.78 is 29.8. The molecule has 1 atom stereocenters. The quantitative estimate of drug-likeness (QED) is 0.198. The Morgan fingerprint density at radius 1 is 0.981 bits per heavy atom. The van der Waals surface area contributed by atoms with Crippen molar-refractivity contribution < 1.29 is 38.4 Å². The zero-order valence-electron chi connectivity index (χ0n) is 29.3. The normalized spacial score (nSPS) is 17.5. The first-order chi connectivity index (χ1) is 25.8. The minimum atomic E-state index is -1.94. The maximum atomic E-state index is 14.0. The van der Waals surface area contributed by atoms with E-state index >= 15 is 0 Å². The van der Waals surface area contributed by atoms with Gasteiger partial charge in [-0.3, -0.25) is 4.79 Å². The molecule has 0 spiro atoms. The molecule has 5 aromatic rings. The van der Waals surface area contributed by atoms with Crippen LogP contribution in [0.5, 0.6) is 11.5 Å². The van der Waals surface area contributed by atoms with Crippen molar-refractivity contribution >= 4 is 23.0 Å². The molecular formula is C41H37N3O9. The summed E-state index contributed by atoms with van der Waals surface area (Å²) in [6.07, 6.45) is -0.00769. The number of aliphatic hydroxyl groups is 1. The number of hydrogen-bond donors (Lipinski definition) is 1. The van der Waals surface area contributed by atoms with Gasteiger partial charge in [0.2, 0.25) is 6.79 Å². The van der Waals surface area contributed by atoms with Crippen molar-refractivity contribution in [2.24, 2.45) is 0 Å². The maximum absolute atomic E-state index is 14.0. The molecule has 3 aromatic carbocycles. The van der Waals surface area contributed by atoms with Crippen LogP contribution in [0.1, 0.15) is 52.6 Å². The maximum Gasteiger partial charge on any atom is 0.409 e. The van der Waals surface area contributed by atoms with E-state index < -0.39 is 17.7 Å². The van der Waals surface area contributed by atoms with E-state index in [0.29, 0.717) is 54.5 Å². The Labute approximate surface area is 304 Å². The molecular weight excluding hydrogens is 678 g/mol. The molecule has 0 bridgehead atoms. The van der Waals surface area contributed by atoms with Crippen LogP contribution in [0.2, 0.25) is 0 Å². The molecule has 1 N–H and O–H groups in total. The third kappa shape index (κ3) is 5.19. The van der Waals surface area contributed by atoms with Crippen molar-refractivity contribution in [3.05, 3.63) is 110 Å². The van der Waals surface area contributed by atoms with Crippen LogP contribution >= 0.6 is 0 Å². The third-order valence-corrected chi connectivity index (χ3v) is 11.1. The van der Waals surface area contributed by atoms with E-state index in [1.165, 1.54) is 0 Å². The predicted octanol–water partition coefficient (Wildman–Crippen LogP) is 5.25. The van der Waals surface area contributed by atoms with E-state index in [0.717, 1.165) is 38.8 Å². The van der Waals surface area contributed by atoms with Gasteiger partial charge in [-0.1, -0.05) is 55.5 Å². The predicted molar refractivity (Wildman–Crippen MR) is 193 cm³/mol. The number of fused-ring (bicyclic) bond motifs is 9. The van der Waals surface area contributed by atoms with E-state index in [9.17, 15) is 19.5 Å². The minimum absolute atomic E-state index is 0.0433. The number of ether oxygens (including phenoxy) is 5. The molecule has 0 saturated heterocycles.